The molecule has 0 radical (unpaired) electrons. The number of methoxy groups -OCH3 is 2. The first-order valence-electron chi connectivity index (χ1n) is 9.55. The van der Waals surface area contributed by atoms with Gasteiger partial charge in [0.05, 0.1) is 20.3 Å². The Morgan fingerprint density at radius 1 is 1.29 bits per heavy atom. The van der Waals surface area contributed by atoms with Crippen molar-refractivity contribution in [3.05, 3.63) is 46.4 Å². The number of benzene rings is 1. The summed E-state index contributed by atoms with van der Waals surface area (Å²) in [5.74, 6) is 2.11. The number of rotatable bonds is 6. The Morgan fingerprint density at radius 2 is 2.00 bits per heavy atom. The number of aliphatic hydroxyl groups is 1. The minimum absolute atomic E-state index is 0.0438. The normalized spacial score (nSPS) is 17.7. The van der Waals surface area contributed by atoms with Crippen LogP contribution >= 0.6 is 0 Å². The second-order valence-corrected chi connectivity index (χ2v) is 8.15. The number of carbonyl (C=O) groups is 1. The highest BCUT2D eigenvalue weighted by Crippen LogP contribution is 2.43. The van der Waals surface area contributed by atoms with Crippen LogP contribution in [0.5, 0.6) is 11.5 Å². The van der Waals surface area contributed by atoms with E-state index >= 15 is 0 Å². The minimum Gasteiger partial charge on any atom is -0.493 e. The van der Waals surface area contributed by atoms with Crippen LogP contribution in [0.25, 0.3) is 0 Å². The summed E-state index contributed by atoms with van der Waals surface area (Å²) >= 11 is 0. The third-order valence-corrected chi connectivity index (χ3v) is 5.34. The van der Waals surface area contributed by atoms with E-state index < -0.39 is 6.10 Å². The topological polar surface area (TPSA) is 80.9 Å². The van der Waals surface area contributed by atoms with Crippen molar-refractivity contribution < 1.29 is 23.8 Å². The molecule has 0 aliphatic heterocycles. The van der Waals surface area contributed by atoms with Crippen molar-refractivity contribution in [3.8, 4) is 11.5 Å². The molecule has 1 aromatic carbocycles. The maximum absolute atomic E-state index is 12.6. The van der Waals surface area contributed by atoms with Gasteiger partial charge in [0, 0.05) is 24.1 Å². The summed E-state index contributed by atoms with van der Waals surface area (Å²) in [4.78, 5) is 12.6. The van der Waals surface area contributed by atoms with Gasteiger partial charge in [0.1, 0.15) is 5.76 Å². The van der Waals surface area contributed by atoms with Gasteiger partial charge in [-0.3, -0.25) is 4.79 Å². The van der Waals surface area contributed by atoms with Crippen molar-refractivity contribution in [2.75, 3.05) is 20.8 Å². The van der Waals surface area contributed by atoms with Crippen LogP contribution in [0.3, 0.4) is 0 Å². The molecule has 28 heavy (non-hydrogen) atoms. The molecule has 0 bridgehead atoms. The summed E-state index contributed by atoms with van der Waals surface area (Å²) in [7, 11) is 3.20. The lowest BCUT2D eigenvalue weighted by molar-refractivity contribution is 0.0885. The number of ether oxygens (including phenoxy) is 2. The first-order valence-corrected chi connectivity index (χ1v) is 9.55. The van der Waals surface area contributed by atoms with Crippen LogP contribution in [-0.2, 0) is 12.8 Å². The molecule has 0 spiro atoms. The fourth-order valence-corrected chi connectivity index (χ4v) is 3.94. The Morgan fingerprint density at radius 3 is 2.68 bits per heavy atom. The smallest absolute Gasteiger partial charge is 0.287 e. The molecule has 6 heteroatoms. The Kier molecular flexibility index (Phi) is 5.70. The summed E-state index contributed by atoms with van der Waals surface area (Å²) in [5, 5.41) is 13.4. The highest BCUT2D eigenvalue weighted by atomic mass is 16.5. The number of carbonyl (C=O) groups excluding carboxylic acids is 1. The van der Waals surface area contributed by atoms with Gasteiger partial charge in [0.15, 0.2) is 17.3 Å². The number of amides is 1. The van der Waals surface area contributed by atoms with Crippen molar-refractivity contribution >= 4 is 5.91 Å². The molecule has 6 nitrogen and oxygen atoms in total. The Labute approximate surface area is 165 Å². The molecule has 1 atom stereocenters. The molecule has 1 heterocycles. The zero-order chi connectivity index (χ0) is 20.5. The molecule has 0 fully saturated rings. The first-order chi connectivity index (χ1) is 13.3. The summed E-state index contributed by atoms with van der Waals surface area (Å²) in [6.45, 7) is 6.50. The molecule has 2 aromatic rings. The number of hydrogen-bond acceptors (Lipinski definition) is 5. The molecular weight excluding hydrogens is 358 g/mol. The minimum atomic E-state index is -0.587. The van der Waals surface area contributed by atoms with Crippen LogP contribution < -0.4 is 14.8 Å². The Balaban J connectivity index is 1.66. The standard InChI is InChI=1S/C22H29NO5/c1-13-19-15(24)11-22(2,3)12-18(19)28-20(13)21(25)23-9-8-14-6-7-16(26-4)17(10-14)27-5/h6-7,10,15,24H,8-9,11-12H2,1-5H3,(H,23,25)/t15-/m1/s1. The summed E-state index contributed by atoms with van der Waals surface area (Å²) < 4.78 is 16.4. The van der Waals surface area contributed by atoms with E-state index in [-0.39, 0.29) is 11.3 Å². The molecule has 0 unspecified atom stereocenters. The van der Waals surface area contributed by atoms with Gasteiger partial charge in [0.25, 0.3) is 5.91 Å². The van der Waals surface area contributed by atoms with Gasteiger partial charge in [-0.15, -0.1) is 0 Å². The zero-order valence-electron chi connectivity index (χ0n) is 17.2. The SMILES string of the molecule is COc1ccc(CCNC(=O)c2oc3c(c2C)[C@H](O)CC(C)(C)C3)cc1OC. The van der Waals surface area contributed by atoms with Crippen molar-refractivity contribution in [2.24, 2.45) is 5.41 Å². The molecule has 0 saturated heterocycles. The van der Waals surface area contributed by atoms with Crippen LogP contribution in [0.15, 0.2) is 22.6 Å². The molecule has 1 amide bonds. The largest absolute Gasteiger partial charge is 0.493 e. The van der Waals surface area contributed by atoms with Crippen LogP contribution in [0.1, 0.15) is 59.4 Å². The van der Waals surface area contributed by atoms with E-state index in [4.69, 9.17) is 13.9 Å². The van der Waals surface area contributed by atoms with Crippen molar-refractivity contribution in [1.82, 2.24) is 5.32 Å². The zero-order valence-corrected chi connectivity index (χ0v) is 17.2. The number of fused-ring (bicyclic) bond motifs is 1. The predicted molar refractivity (Wildman–Crippen MR) is 106 cm³/mol. The van der Waals surface area contributed by atoms with Gasteiger partial charge >= 0.3 is 0 Å². The monoisotopic (exact) mass is 387 g/mol. The predicted octanol–water partition coefficient (Wildman–Crippen LogP) is 3.58. The van der Waals surface area contributed by atoms with E-state index in [9.17, 15) is 9.90 Å². The summed E-state index contributed by atoms with van der Waals surface area (Å²) in [6.07, 6.45) is 1.46. The maximum atomic E-state index is 12.6. The van der Waals surface area contributed by atoms with Gasteiger partial charge in [0.2, 0.25) is 0 Å². The molecule has 1 aliphatic carbocycles. The number of nitrogens with one attached hydrogen (secondary N) is 1. The molecule has 152 valence electrons. The van der Waals surface area contributed by atoms with Crippen LogP contribution in [0.2, 0.25) is 0 Å². The third kappa shape index (κ3) is 4.02. The van der Waals surface area contributed by atoms with Crippen molar-refractivity contribution in [2.45, 2.75) is 46.1 Å². The molecule has 0 saturated carbocycles. The second kappa shape index (κ2) is 7.87. The lowest BCUT2D eigenvalue weighted by atomic mass is 9.75. The van der Waals surface area contributed by atoms with Gasteiger partial charge in [-0.25, -0.2) is 0 Å². The van der Waals surface area contributed by atoms with E-state index in [2.05, 4.69) is 19.2 Å². The molecule has 2 N–H and O–H groups in total. The number of furan rings is 1. The Hall–Kier alpha value is -2.47. The summed E-state index contributed by atoms with van der Waals surface area (Å²) in [5.41, 5.74) is 2.51. The van der Waals surface area contributed by atoms with E-state index in [0.717, 1.165) is 28.9 Å². The molecule has 1 aliphatic rings. The Bertz CT molecular complexity index is 868. The van der Waals surface area contributed by atoms with Crippen LogP contribution in [0.4, 0.5) is 0 Å². The van der Waals surface area contributed by atoms with Gasteiger partial charge < -0.3 is 24.3 Å². The summed E-state index contributed by atoms with van der Waals surface area (Å²) in [6, 6.07) is 5.70. The lowest BCUT2D eigenvalue weighted by Gasteiger charge is -2.31. The van der Waals surface area contributed by atoms with E-state index in [1.165, 1.54) is 0 Å². The number of aliphatic hydroxyl groups excluding tert-OH is 1. The van der Waals surface area contributed by atoms with Crippen molar-refractivity contribution in [1.29, 1.82) is 0 Å². The van der Waals surface area contributed by atoms with Crippen LogP contribution in [-0.4, -0.2) is 31.8 Å². The highest BCUT2D eigenvalue weighted by Gasteiger charge is 2.37. The lowest BCUT2D eigenvalue weighted by Crippen LogP contribution is -2.26. The van der Waals surface area contributed by atoms with E-state index in [1.54, 1.807) is 14.2 Å². The average molecular weight is 387 g/mol. The molecule has 1 aromatic heterocycles. The van der Waals surface area contributed by atoms with E-state index in [0.29, 0.717) is 36.6 Å². The highest BCUT2D eigenvalue weighted by molar-refractivity contribution is 5.93. The van der Waals surface area contributed by atoms with Gasteiger partial charge in [-0.1, -0.05) is 19.9 Å². The quantitative estimate of drug-likeness (QED) is 0.792. The van der Waals surface area contributed by atoms with Gasteiger partial charge in [-0.05, 0) is 42.9 Å². The van der Waals surface area contributed by atoms with E-state index in [1.807, 2.05) is 25.1 Å². The fourth-order valence-electron chi connectivity index (χ4n) is 3.94. The first kappa shape index (κ1) is 20.3. The number of hydrogen-bond donors (Lipinski definition) is 2. The van der Waals surface area contributed by atoms with Crippen molar-refractivity contribution in [3.63, 3.8) is 0 Å². The fraction of sp³-hybridized carbons (Fsp3) is 0.500. The second-order valence-electron chi connectivity index (χ2n) is 8.15. The average Bonchev–Trinajstić information content (AvgIpc) is 2.96. The van der Waals surface area contributed by atoms with Gasteiger partial charge in [-0.2, -0.15) is 0 Å². The molecular formula is C22H29NO5. The maximum Gasteiger partial charge on any atom is 0.287 e. The van der Waals surface area contributed by atoms with Crippen LogP contribution in [0, 0.1) is 12.3 Å². The third-order valence-electron chi connectivity index (χ3n) is 5.34. The molecule has 3 rings (SSSR count).